The number of nitrogens with zero attached hydrogens (tertiary/aromatic N) is 5. The Morgan fingerprint density at radius 2 is 1.12 bits per heavy atom. The van der Waals surface area contributed by atoms with Crippen molar-refractivity contribution in [2.45, 2.75) is 64.8 Å². The maximum absolute atomic E-state index is 13.3. The van der Waals surface area contributed by atoms with E-state index in [0.29, 0.717) is 73.0 Å². The Balaban J connectivity index is 0.000000135. The van der Waals surface area contributed by atoms with Crippen LogP contribution < -0.4 is 25.6 Å². The number of amides is 1. The fourth-order valence-electron chi connectivity index (χ4n) is 9.74. The molecule has 8 heterocycles. The zero-order valence-corrected chi connectivity index (χ0v) is 36.6. The van der Waals surface area contributed by atoms with Gasteiger partial charge in [-0.2, -0.15) is 0 Å². The van der Waals surface area contributed by atoms with Crippen LogP contribution in [0.15, 0.2) is 95.0 Å². The molecular weight excluding hydrogens is 829 g/mol. The van der Waals surface area contributed by atoms with Gasteiger partial charge in [-0.05, 0) is 48.2 Å². The minimum atomic E-state index is -1.24. The molecule has 4 fully saturated rings. The molecule has 2 aromatic carbocycles. The highest BCUT2D eigenvalue weighted by atomic mass is 16.5. The molecule has 4 aliphatic heterocycles. The van der Waals surface area contributed by atoms with Crippen molar-refractivity contribution < 1.29 is 33.6 Å². The van der Waals surface area contributed by atoms with Crippen molar-refractivity contribution in [1.82, 2.24) is 29.3 Å². The van der Waals surface area contributed by atoms with Crippen LogP contribution in [0.5, 0.6) is 11.5 Å². The van der Waals surface area contributed by atoms with Crippen LogP contribution >= 0.6 is 0 Å². The molecule has 2 N–H and O–H groups in total. The Labute approximate surface area is 374 Å². The lowest BCUT2D eigenvalue weighted by Crippen LogP contribution is -2.67. The summed E-state index contributed by atoms with van der Waals surface area (Å²) in [5.74, 6) is -0.405. The summed E-state index contributed by atoms with van der Waals surface area (Å²) in [6.45, 7) is 12.1. The number of rotatable bonds is 8. The number of carboxylic acids is 1. The quantitative estimate of drug-likeness (QED) is 0.216. The molecule has 15 nitrogen and oxygen atoms in total. The van der Waals surface area contributed by atoms with E-state index in [-0.39, 0.29) is 45.5 Å². The Bertz CT molecular complexity index is 2880. The van der Waals surface area contributed by atoms with Crippen LogP contribution in [0.3, 0.4) is 0 Å². The molecule has 336 valence electrons. The van der Waals surface area contributed by atoms with Crippen LogP contribution in [0, 0.1) is 10.8 Å². The van der Waals surface area contributed by atoms with Gasteiger partial charge in [0.15, 0.2) is 0 Å². The summed E-state index contributed by atoms with van der Waals surface area (Å²) in [6.07, 6.45) is 9.56. The second-order valence-electron chi connectivity index (χ2n) is 18.3. The van der Waals surface area contributed by atoms with Crippen molar-refractivity contribution in [3.05, 3.63) is 139 Å². The summed E-state index contributed by atoms with van der Waals surface area (Å²) in [5, 5.41) is 13.2. The molecule has 0 unspecified atom stereocenters. The number of carbonyl (C=O) groups is 2. The molecule has 0 atom stereocenters. The summed E-state index contributed by atoms with van der Waals surface area (Å²) in [4.78, 5) is 60.9. The number of hydrogen-bond acceptors (Lipinski definition) is 11. The number of likely N-dealkylation sites (tertiary alicyclic amines) is 1. The second kappa shape index (κ2) is 17.2. The fourth-order valence-corrected chi connectivity index (χ4v) is 9.74. The Hall–Kier alpha value is -6.42. The number of pyridine rings is 4. The molecule has 2 spiro atoms. The second-order valence-corrected chi connectivity index (χ2v) is 18.3. The fraction of sp³-hybridized carbons (Fsp3) is 0.400. The first-order valence-electron chi connectivity index (χ1n) is 22.5. The van der Waals surface area contributed by atoms with Gasteiger partial charge in [0.05, 0.1) is 55.0 Å². The number of ether oxygens (including phenoxy) is 4. The van der Waals surface area contributed by atoms with E-state index in [1.807, 2.05) is 42.7 Å². The zero-order valence-electron chi connectivity index (χ0n) is 36.6. The molecular formula is C50H52N6O9. The predicted molar refractivity (Wildman–Crippen MR) is 242 cm³/mol. The van der Waals surface area contributed by atoms with E-state index in [2.05, 4.69) is 39.6 Å². The van der Waals surface area contributed by atoms with Gasteiger partial charge in [-0.3, -0.25) is 14.4 Å². The molecule has 4 aromatic heterocycles. The number of aryl methyl sites for hydroxylation is 2. The van der Waals surface area contributed by atoms with Gasteiger partial charge in [0, 0.05) is 82.8 Å². The highest BCUT2D eigenvalue weighted by molar-refractivity contribution is 5.97. The Morgan fingerprint density at radius 3 is 1.48 bits per heavy atom. The number of carboxylic acid groups (broad SMARTS) is 1. The van der Waals surface area contributed by atoms with Crippen molar-refractivity contribution in [1.29, 1.82) is 0 Å². The van der Waals surface area contributed by atoms with Crippen molar-refractivity contribution in [2.24, 2.45) is 10.8 Å². The Kier molecular flexibility index (Phi) is 11.2. The van der Waals surface area contributed by atoms with Crippen molar-refractivity contribution >= 4 is 33.9 Å². The maximum atomic E-state index is 13.3. The van der Waals surface area contributed by atoms with E-state index in [0.717, 1.165) is 38.9 Å². The first kappa shape index (κ1) is 42.5. The monoisotopic (exact) mass is 880 g/mol. The number of nitrogens with one attached hydrogen (secondary N) is 1. The van der Waals surface area contributed by atoms with E-state index in [4.69, 9.17) is 18.9 Å². The van der Waals surface area contributed by atoms with Crippen LogP contribution in [-0.4, -0.2) is 106 Å². The Morgan fingerprint density at radius 1 is 0.692 bits per heavy atom. The lowest BCUT2D eigenvalue weighted by molar-refractivity contribution is -0.176. The van der Waals surface area contributed by atoms with E-state index in [1.165, 1.54) is 41.5 Å². The van der Waals surface area contributed by atoms with Crippen LogP contribution in [0.2, 0.25) is 0 Å². The van der Waals surface area contributed by atoms with Crippen molar-refractivity contribution in [3.8, 4) is 11.5 Å². The normalized spacial score (nSPS) is 18.5. The van der Waals surface area contributed by atoms with Crippen LogP contribution in [0.4, 0.5) is 0 Å². The average molecular weight is 881 g/mol. The molecule has 1 amide bonds. The molecule has 2 aliphatic carbocycles. The number of hydrogen-bond donors (Lipinski definition) is 2. The number of aromatic carboxylic acids is 1. The molecule has 4 saturated heterocycles. The van der Waals surface area contributed by atoms with E-state index in [9.17, 15) is 24.3 Å². The number of fused-ring (bicyclic) bond motifs is 4. The third kappa shape index (κ3) is 8.17. The van der Waals surface area contributed by atoms with Crippen molar-refractivity contribution in [2.75, 3.05) is 52.6 Å². The minimum Gasteiger partial charge on any atom is -0.488 e. The van der Waals surface area contributed by atoms with Gasteiger partial charge in [0.25, 0.3) is 5.91 Å². The average Bonchev–Trinajstić information content (AvgIpc) is 3.85. The molecule has 0 saturated carbocycles. The number of benzene rings is 2. The smallest absolute Gasteiger partial charge is 0.341 e. The van der Waals surface area contributed by atoms with Gasteiger partial charge in [-0.25, -0.2) is 14.8 Å². The summed E-state index contributed by atoms with van der Waals surface area (Å²) in [6, 6.07) is 19.9. The summed E-state index contributed by atoms with van der Waals surface area (Å²) < 4.78 is 26.1. The van der Waals surface area contributed by atoms with Gasteiger partial charge in [0.1, 0.15) is 46.1 Å². The summed E-state index contributed by atoms with van der Waals surface area (Å²) in [5.41, 5.74) is 6.02. The van der Waals surface area contributed by atoms with Gasteiger partial charge in [0.2, 0.25) is 10.9 Å². The zero-order chi connectivity index (χ0) is 44.9. The molecule has 12 rings (SSSR count). The van der Waals surface area contributed by atoms with Crippen LogP contribution in [0.1, 0.15) is 56.8 Å². The van der Waals surface area contributed by atoms with Gasteiger partial charge >= 0.3 is 5.97 Å². The van der Waals surface area contributed by atoms with E-state index in [1.54, 1.807) is 40.2 Å². The highest BCUT2D eigenvalue weighted by Gasteiger charge is 2.51. The van der Waals surface area contributed by atoms with Gasteiger partial charge in [-0.15, -0.1) is 0 Å². The largest absolute Gasteiger partial charge is 0.488 e. The molecule has 6 aromatic rings. The third-order valence-corrected chi connectivity index (χ3v) is 13.5. The molecule has 6 aliphatic rings. The lowest BCUT2D eigenvalue weighted by atomic mass is 9.78. The highest BCUT2D eigenvalue weighted by Crippen LogP contribution is 2.38. The third-order valence-electron chi connectivity index (χ3n) is 13.5. The van der Waals surface area contributed by atoms with Gasteiger partial charge < -0.3 is 43.4 Å². The summed E-state index contributed by atoms with van der Waals surface area (Å²) >= 11 is 0. The molecule has 0 radical (unpaired) electrons. The topological polar surface area (TPSA) is 176 Å². The predicted octanol–water partition coefficient (Wildman–Crippen LogP) is 4.70. The lowest BCUT2D eigenvalue weighted by Gasteiger charge is -2.54. The van der Waals surface area contributed by atoms with E-state index < -0.39 is 11.4 Å². The molecule has 15 heteroatoms. The molecule has 0 bridgehead atoms. The maximum Gasteiger partial charge on any atom is 0.341 e. The number of carbonyl (C=O) groups excluding carboxylic acids is 1. The number of aromatic nitrogens is 4. The van der Waals surface area contributed by atoms with Crippen molar-refractivity contribution in [3.63, 3.8) is 0 Å². The molecule has 65 heavy (non-hydrogen) atoms. The minimum absolute atomic E-state index is 0.0114. The van der Waals surface area contributed by atoms with E-state index >= 15 is 0 Å². The SMILES string of the molecule is C1NCC12COC2.CCn1cc(C(=O)N2CC3(COC3)C2)c(=O)c2cc(OC3Cc4ccccc4C3)cnc21.CCn1cc(C(=O)O)c(=O)c2cc(OC3Cc4ccccc4C3)cnc21. The first-order chi connectivity index (χ1) is 31.5. The standard InChI is InChI=1S/C25H25N3O4.C20H18N2O4.C5H9NO/c1-2-27-11-21(24(30)28-12-25(13-28)14-31-15-25)22(29)20-9-19(10-26-23(20)27)32-18-7-16-5-3-4-6-17(16)8-18;1-2-22-11-17(20(24)25)18(23)16-9-15(10-21-19(16)22)26-14-7-12-5-3-4-6-13(12)8-14;1-5(2-6-1)3-7-4-5/h3-6,9-11,18H,2,7-8,12-15H2,1H3;3-6,9-11,14H,2,7-8H2,1H3,(H,24,25);6H,1-4H2. The van der Waals surface area contributed by atoms with Gasteiger partial charge in [-0.1, -0.05) is 48.5 Å². The van der Waals surface area contributed by atoms with Crippen LogP contribution in [0.25, 0.3) is 22.1 Å². The first-order valence-corrected chi connectivity index (χ1v) is 22.5. The van der Waals surface area contributed by atoms with Crippen LogP contribution in [-0.2, 0) is 48.2 Å². The summed E-state index contributed by atoms with van der Waals surface area (Å²) in [7, 11) is 0.